The smallest absolute Gasteiger partial charge is 0.124 e. The van der Waals surface area contributed by atoms with Crippen molar-refractivity contribution in [3.63, 3.8) is 0 Å². The van der Waals surface area contributed by atoms with Crippen molar-refractivity contribution in [2.75, 3.05) is 7.11 Å². The third kappa shape index (κ3) is 7.64. The highest BCUT2D eigenvalue weighted by Gasteiger charge is 2.20. The molecule has 2 aliphatic rings. The standard InChI is InChI=1S/C45H32N4O10S3/c1-59-30-10-2-26(3-11-30)42-34-18-20-36(46-34)43(27-4-12-31(13-5-27)60(50,51)52)38-22-24-40(48-38)45(29-8-16-33(17-9-29)62(56,57)58)41-25-23-39(49-41)44(37-21-19-35(42)47-37)28-6-14-32(15-7-28)61(53,54)55/h2-25,46,49H,1H3,(H,50,51,52)(H,53,54,55)(H,56,57,58)/p-3. The number of aromatic amines is 2. The van der Waals surface area contributed by atoms with E-state index < -0.39 is 45.0 Å². The Kier molecular flexibility index (Phi) is 9.89. The number of H-pyrrole nitrogens is 2. The summed E-state index contributed by atoms with van der Waals surface area (Å²) in [5.41, 5.74) is 8.77. The maximum Gasteiger partial charge on any atom is 0.124 e. The molecule has 9 rings (SSSR count). The van der Waals surface area contributed by atoms with Crippen LogP contribution >= 0.6 is 0 Å². The normalized spacial score (nSPS) is 12.8. The molecule has 0 fully saturated rings. The predicted molar refractivity (Wildman–Crippen MR) is 231 cm³/mol. The van der Waals surface area contributed by atoms with Crippen LogP contribution < -0.4 is 4.74 Å². The molecular formula is C45H29N4O10S3-3. The zero-order chi connectivity index (χ0) is 43.6. The van der Waals surface area contributed by atoms with Gasteiger partial charge in [-0.25, -0.2) is 35.2 Å². The highest BCUT2D eigenvalue weighted by Crippen LogP contribution is 2.39. The lowest BCUT2D eigenvalue weighted by Crippen LogP contribution is -1.98. The molecule has 17 heteroatoms. The van der Waals surface area contributed by atoms with Crippen LogP contribution in [0.5, 0.6) is 5.75 Å². The van der Waals surface area contributed by atoms with Crippen molar-refractivity contribution in [3.8, 4) is 50.3 Å². The largest absolute Gasteiger partial charge is 0.744 e. The van der Waals surface area contributed by atoms with E-state index in [1.165, 1.54) is 72.8 Å². The van der Waals surface area contributed by atoms with Crippen LogP contribution in [0.4, 0.5) is 0 Å². The van der Waals surface area contributed by atoms with Crippen molar-refractivity contribution in [2.24, 2.45) is 0 Å². The van der Waals surface area contributed by atoms with Gasteiger partial charge in [-0.15, -0.1) is 0 Å². The minimum Gasteiger partial charge on any atom is -0.744 e. The molecule has 0 saturated heterocycles. The van der Waals surface area contributed by atoms with Gasteiger partial charge in [0.25, 0.3) is 0 Å². The molecule has 0 atom stereocenters. The van der Waals surface area contributed by atoms with Gasteiger partial charge in [0.1, 0.15) is 36.1 Å². The van der Waals surface area contributed by atoms with Crippen LogP contribution in [-0.4, -0.2) is 66.0 Å². The topological polar surface area (TPSA) is 238 Å². The van der Waals surface area contributed by atoms with Crippen molar-refractivity contribution >= 4 is 76.7 Å². The highest BCUT2D eigenvalue weighted by atomic mass is 32.2. The fourth-order valence-electron chi connectivity index (χ4n) is 7.54. The van der Waals surface area contributed by atoms with Gasteiger partial charge in [0.2, 0.25) is 0 Å². The van der Waals surface area contributed by atoms with E-state index in [1.54, 1.807) is 31.4 Å². The van der Waals surface area contributed by atoms with Crippen molar-refractivity contribution in [3.05, 3.63) is 144 Å². The number of nitrogens with zero attached hydrogens (tertiary/aromatic N) is 2. The Morgan fingerprint density at radius 1 is 0.387 bits per heavy atom. The van der Waals surface area contributed by atoms with Gasteiger partial charge in [0, 0.05) is 44.3 Å². The summed E-state index contributed by atoms with van der Waals surface area (Å²) < 4.78 is 113. The van der Waals surface area contributed by atoms with Crippen LogP contribution in [0, 0.1) is 0 Å². The van der Waals surface area contributed by atoms with E-state index in [0.29, 0.717) is 89.5 Å². The third-order valence-electron chi connectivity index (χ3n) is 10.4. The minimum atomic E-state index is -4.77. The molecule has 0 amide bonds. The van der Waals surface area contributed by atoms with Crippen LogP contribution in [0.2, 0.25) is 0 Å². The van der Waals surface area contributed by atoms with Crippen LogP contribution in [-0.2, 0) is 30.4 Å². The number of hydrogen-bond donors (Lipinski definition) is 2. The SMILES string of the molecule is COc1ccc(-c2c3nc(c(-c4ccc(S(=O)(=O)[O-])cc4)c4ccc([nH]4)c(-c4ccc(S(=O)(=O)[O-])cc4)c4nc(c(-c5ccc(S(=O)(=O)[O-])cc5)c5ccc2[nH]5)C=C4)C=C3)cc1. The van der Waals surface area contributed by atoms with Gasteiger partial charge in [-0.05, 0) is 119 Å². The Balaban J connectivity index is 1.43. The number of rotatable bonds is 8. The fourth-order valence-corrected chi connectivity index (χ4v) is 8.95. The number of fused-ring (bicyclic) bond motifs is 8. The van der Waals surface area contributed by atoms with E-state index in [1.807, 2.05) is 48.6 Å². The van der Waals surface area contributed by atoms with E-state index in [4.69, 9.17) is 14.7 Å². The van der Waals surface area contributed by atoms with Gasteiger partial charge < -0.3 is 28.4 Å². The molecule has 0 saturated carbocycles. The summed E-state index contributed by atoms with van der Waals surface area (Å²) in [7, 11) is -12.7. The lowest BCUT2D eigenvalue weighted by Gasteiger charge is -2.10. The van der Waals surface area contributed by atoms with Crippen LogP contribution in [0.1, 0.15) is 22.8 Å². The molecule has 14 nitrogen and oxygen atoms in total. The summed E-state index contributed by atoms with van der Waals surface area (Å²) in [6, 6.07) is 31.1. The summed E-state index contributed by atoms with van der Waals surface area (Å²) in [5, 5.41) is 0. The zero-order valence-electron chi connectivity index (χ0n) is 32.1. The molecule has 0 aliphatic carbocycles. The number of methoxy groups -OCH3 is 1. The third-order valence-corrected chi connectivity index (χ3v) is 13.0. The van der Waals surface area contributed by atoms with Crippen molar-refractivity contribution in [2.45, 2.75) is 14.7 Å². The van der Waals surface area contributed by atoms with Crippen LogP contribution in [0.15, 0.2) is 136 Å². The summed E-state index contributed by atoms with van der Waals surface area (Å²) in [6.07, 6.45) is 7.18. The first-order valence-electron chi connectivity index (χ1n) is 18.5. The number of hydrogen-bond acceptors (Lipinski definition) is 12. The number of aromatic nitrogens is 4. The summed E-state index contributed by atoms with van der Waals surface area (Å²) >= 11 is 0. The van der Waals surface area contributed by atoms with Crippen LogP contribution in [0.25, 0.3) is 90.9 Å². The molecule has 0 unspecified atom stereocenters. The zero-order valence-corrected chi connectivity index (χ0v) is 34.5. The molecule has 5 heterocycles. The number of nitrogens with one attached hydrogen (secondary N) is 2. The van der Waals surface area contributed by atoms with Gasteiger partial charge in [-0.3, -0.25) is 0 Å². The first-order valence-corrected chi connectivity index (χ1v) is 22.8. The second-order valence-corrected chi connectivity index (χ2v) is 18.3. The molecule has 7 aromatic rings. The van der Waals surface area contributed by atoms with Gasteiger partial charge in [0.15, 0.2) is 0 Å². The lowest BCUT2D eigenvalue weighted by atomic mass is 10.0. The molecule has 0 spiro atoms. The van der Waals surface area contributed by atoms with E-state index >= 15 is 0 Å². The van der Waals surface area contributed by atoms with Crippen molar-refractivity contribution < 1.29 is 43.6 Å². The Morgan fingerprint density at radius 3 is 0.855 bits per heavy atom. The molecule has 2 aliphatic heterocycles. The Labute approximate surface area is 354 Å². The van der Waals surface area contributed by atoms with Gasteiger partial charge in [-0.2, -0.15) is 0 Å². The Morgan fingerprint density at radius 2 is 0.629 bits per heavy atom. The second kappa shape index (κ2) is 15.2. The lowest BCUT2D eigenvalue weighted by molar-refractivity contribution is 0.415. The van der Waals surface area contributed by atoms with E-state index in [-0.39, 0.29) is 0 Å². The predicted octanol–water partition coefficient (Wildman–Crippen LogP) is 8.04. The summed E-state index contributed by atoms with van der Waals surface area (Å²) in [5.74, 6) is 0.632. The highest BCUT2D eigenvalue weighted by molar-refractivity contribution is 7.86. The average molecular weight is 882 g/mol. The molecular weight excluding hydrogens is 853 g/mol. The molecule has 62 heavy (non-hydrogen) atoms. The maximum absolute atomic E-state index is 11.9. The van der Waals surface area contributed by atoms with Gasteiger partial charge >= 0.3 is 0 Å². The van der Waals surface area contributed by atoms with E-state index in [9.17, 15) is 38.9 Å². The van der Waals surface area contributed by atoms with E-state index in [2.05, 4.69) is 9.97 Å². The molecule has 310 valence electrons. The number of ether oxygens (including phenoxy) is 1. The minimum absolute atomic E-state index is 0.407. The monoisotopic (exact) mass is 881 g/mol. The molecule has 3 aromatic heterocycles. The van der Waals surface area contributed by atoms with Gasteiger partial charge in [-0.1, -0.05) is 48.5 Å². The molecule has 2 N–H and O–H groups in total. The Bertz CT molecular complexity index is 3470. The molecule has 0 radical (unpaired) electrons. The first kappa shape index (κ1) is 40.4. The summed E-state index contributed by atoms with van der Waals surface area (Å²) in [6.45, 7) is 0. The van der Waals surface area contributed by atoms with E-state index in [0.717, 1.165) is 5.56 Å². The number of benzene rings is 4. The molecule has 8 bridgehead atoms. The quantitative estimate of drug-likeness (QED) is 0.138. The fraction of sp³-hybridized carbons (Fsp3) is 0.0222. The van der Waals surface area contributed by atoms with Crippen molar-refractivity contribution in [1.29, 1.82) is 0 Å². The average Bonchev–Trinajstić information content (AvgIpc) is 4.09. The van der Waals surface area contributed by atoms with Gasteiger partial charge in [0.05, 0.1) is 44.6 Å². The van der Waals surface area contributed by atoms with Crippen LogP contribution in [0.3, 0.4) is 0 Å². The summed E-state index contributed by atoms with van der Waals surface area (Å²) in [4.78, 5) is 16.0. The van der Waals surface area contributed by atoms with Crippen molar-refractivity contribution in [1.82, 2.24) is 19.9 Å². The first-order chi connectivity index (χ1) is 29.5. The second-order valence-electron chi connectivity index (χ2n) is 14.2. The maximum atomic E-state index is 11.9. The Hall–Kier alpha value is -6.99. The molecule has 4 aromatic carbocycles.